The number of likely N-dealkylation sites (tertiary alicyclic amines) is 1. The van der Waals surface area contributed by atoms with Crippen LogP contribution in [0.15, 0.2) is 36.4 Å². The van der Waals surface area contributed by atoms with E-state index in [1.807, 2.05) is 0 Å². The summed E-state index contributed by atoms with van der Waals surface area (Å²) >= 11 is 7.10. The van der Waals surface area contributed by atoms with Crippen LogP contribution in [0.4, 0.5) is 10.5 Å². The lowest BCUT2D eigenvalue weighted by atomic mass is 10.1. The van der Waals surface area contributed by atoms with E-state index in [0.717, 1.165) is 29.9 Å². The maximum Gasteiger partial charge on any atom is 0.409 e. The molecule has 9 nitrogen and oxygen atoms in total. The second-order valence-electron chi connectivity index (χ2n) is 8.42. The van der Waals surface area contributed by atoms with Gasteiger partial charge in [-0.3, -0.25) is 14.4 Å². The molecule has 2 aliphatic heterocycles. The van der Waals surface area contributed by atoms with E-state index in [4.69, 9.17) is 16.3 Å². The lowest BCUT2D eigenvalue weighted by Crippen LogP contribution is -2.50. The summed E-state index contributed by atoms with van der Waals surface area (Å²) in [5.74, 6) is -0.577. The molecule has 1 aromatic heterocycles. The smallest absolute Gasteiger partial charge is 0.409 e. The molecule has 2 aromatic rings. The number of rotatable bonds is 6. The number of carbonyl (C=O) groups is 4. The summed E-state index contributed by atoms with van der Waals surface area (Å²) in [5.41, 5.74) is 1.18. The van der Waals surface area contributed by atoms with E-state index in [0.29, 0.717) is 27.7 Å². The average molecular weight is 519 g/mol. The van der Waals surface area contributed by atoms with Gasteiger partial charge in [-0.25, -0.2) is 4.79 Å². The number of amides is 4. The van der Waals surface area contributed by atoms with Gasteiger partial charge in [-0.2, -0.15) is 0 Å². The lowest BCUT2D eigenvalue weighted by molar-refractivity contribution is -0.119. The van der Waals surface area contributed by atoms with Crippen molar-refractivity contribution in [1.82, 2.24) is 15.5 Å². The third-order valence-corrected chi connectivity index (χ3v) is 7.27. The van der Waals surface area contributed by atoms with Crippen LogP contribution in [0.2, 0.25) is 4.34 Å². The average Bonchev–Trinajstić information content (AvgIpc) is 3.46. The molecule has 2 fully saturated rings. The fourth-order valence-electron chi connectivity index (χ4n) is 4.26. The van der Waals surface area contributed by atoms with Gasteiger partial charge in [-0.05, 0) is 56.2 Å². The molecule has 0 bridgehead atoms. The van der Waals surface area contributed by atoms with Gasteiger partial charge in [0.25, 0.3) is 11.8 Å². The first-order chi connectivity index (χ1) is 16.9. The van der Waals surface area contributed by atoms with Crippen LogP contribution in [0.1, 0.15) is 46.2 Å². The molecule has 0 saturated carbocycles. The van der Waals surface area contributed by atoms with E-state index in [9.17, 15) is 19.2 Å². The van der Waals surface area contributed by atoms with Crippen LogP contribution in [0, 0.1) is 0 Å². The molecule has 186 valence electrons. The summed E-state index contributed by atoms with van der Waals surface area (Å²) in [6.45, 7) is 3.01. The van der Waals surface area contributed by atoms with Crippen molar-refractivity contribution in [2.75, 3.05) is 31.1 Å². The minimum absolute atomic E-state index is 0.0871. The Kier molecular flexibility index (Phi) is 7.92. The van der Waals surface area contributed by atoms with Gasteiger partial charge in [0.1, 0.15) is 0 Å². The van der Waals surface area contributed by atoms with Crippen molar-refractivity contribution in [2.45, 2.75) is 38.3 Å². The van der Waals surface area contributed by atoms with Crippen LogP contribution >= 0.6 is 22.9 Å². The highest BCUT2D eigenvalue weighted by Crippen LogP contribution is 2.23. The van der Waals surface area contributed by atoms with E-state index in [-0.39, 0.29) is 37.4 Å². The maximum atomic E-state index is 13.0. The molecule has 2 saturated heterocycles. The van der Waals surface area contributed by atoms with E-state index in [2.05, 4.69) is 10.6 Å². The number of carbonyl (C=O) groups excluding carboxylic acids is 4. The number of halogens is 1. The number of thiophene rings is 1. The molecular weight excluding hydrogens is 492 g/mol. The molecule has 11 heteroatoms. The van der Waals surface area contributed by atoms with Crippen LogP contribution in [-0.2, 0) is 9.53 Å². The lowest BCUT2D eigenvalue weighted by Gasteiger charge is -2.27. The molecule has 0 aliphatic carbocycles. The van der Waals surface area contributed by atoms with Gasteiger partial charge < -0.3 is 25.2 Å². The van der Waals surface area contributed by atoms with E-state index >= 15 is 0 Å². The van der Waals surface area contributed by atoms with Gasteiger partial charge in [-0.15, -0.1) is 11.3 Å². The van der Waals surface area contributed by atoms with Crippen LogP contribution in [0.5, 0.6) is 0 Å². The predicted octanol–water partition coefficient (Wildman–Crippen LogP) is 3.29. The fraction of sp³-hybridized carbons (Fsp3) is 0.417. The zero-order chi connectivity index (χ0) is 24.9. The Bertz CT molecular complexity index is 1110. The number of piperidine rings is 1. The summed E-state index contributed by atoms with van der Waals surface area (Å²) in [4.78, 5) is 53.8. The number of hydrogen-bond acceptors (Lipinski definition) is 6. The number of nitrogens with one attached hydrogen (secondary N) is 2. The van der Waals surface area contributed by atoms with Crippen LogP contribution in [0.25, 0.3) is 0 Å². The van der Waals surface area contributed by atoms with Crippen LogP contribution in [0.3, 0.4) is 0 Å². The van der Waals surface area contributed by atoms with Gasteiger partial charge in [0.15, 0.2) is 0 Å². The molecule has 2 N–H and O–H groups in total. The minimum Gasteiger partial charge on any atom is -0.450 e. The highest BCUT2D eigenvalue weighted by Gasteiger charge is 2.38. The van der Waals surface area contributed by atoms with Crippen molar-refractivity contribution in [3.8, 4) is 0 Å². The van der Waals surface area contributed by atoms with E-state index < -0.39 is 18.2 Å². The third kappa shape index (κ3) is 5.94. The van der Waals surface area contributed by atoms with Crippen molar-refractivity contribution in [1.29, 1.82) is 0 Å². The van der Waals surface area contributed by atoms with Crippen molar-refractivity contribution in [3.63, 3.8) is 0 Å². The van der Waals surface area contributed by atoms with Gasteiger partial charge >= 0.3 is 6.09 Å². The number of benzene rings is 1. The van der Waals surface area contributed by atoms with Gasteiger partial charge in [0, 0.05) is 37.3 Å². The highest BCUT2D eigenvalue weighted by atomic mass is 35.5. The Hall–Kier alpha value is -3.11. The van der Waals surface area contributed by atoms with Crippen LogP contribution in [-0.4, -0.2) is 67.0 Å². The molecule has 2 aliphatic rings. The maximum absolute atomic E-state index is 13.0. The summed E-state index contributed by atoms with van der Waals surface area (Å²) in [5, 5.41) is 5.84. The molecule has 0 radical (unpaired) electrons. The van der Waals surface area contributed by atoms with E-state index in [1.54, 1.807) is 48.2 Å². The zero-order valence-corrected chi connectivity index (χ0v) is 20.9. The summed E-state index contributed by atoms with van der Waals surface area (Å²) in [6, 6.07) is 9.10. The minimum atomic E-state index is -0.519. The Morgan fingerprint density at radius 1 is 1.03 bits per heavy atom. The Balaban J connectivity index is 1.44. The van der Waals surface area contributed by atoms with Crippen molar-refractivity contribution >= 4 is 52.4 Å². The molecule has 4 rings (SSSR count). The van der Waals surface area contributed by atoms with E-state index in [1.165, 1.54) is 4.90 Å². The van der Waals surface area contributed by atoms with Gasteiger partial charge in [-0.1, -0.05) is 11.6 Å². The monoisotopic (exact) mass is 518 g/mol. The summed E-state index contributed by atoms with van der Waals surface area (Å²) in [7, 11) is 0. The number of nitrogens with zero attached hydrogens (tertiary/aromatic N) is 2. The molecule has 35 heavy (non-hydrogen) atoms. The SMILES string of the molecule is CCOC(=O)N1C[C@H](NC(=O)c2ccc(N3CCCCC3=O)cc2)[C@H](NC(=O)c2ccc(Cl)s2)C1. The second-order valence-corrected chi connectivity index (χ2v) is 10.1. The standard InChI is InChI=1S/C24H27ClN4O5S/c1-2-34-24(33)28-13-17(18(14-28)27-23(32)19-10-11-20(25)35-19)26-22(31)15-6-8-16(9-7-15)29-12-4-3-5-21(29)30/h6-11,17-18H,2-5,12-14H2,1H3,(H,26,31)(H,27,32)/t17-,18+/m0/s1. The van der Waals surface area contributed by atoms with Crippen LogP contribution < -0.4 is 15.5 Å². The molecular formula is C24H27ClN4O5S. The Morgan fingerprint density at radius 3 is 2.31 bits per heavy atom. The Labute approximate surface area is 212 Å². The summed E-state index contributed by atoms with van der Waals surface area (Å²) in [6.07, 6.45) is 1.89. The molecule has 0 unspecified atom stereocenters. The first-order valence-corrected chi connectivity index (χ1v) is 12.7. The Morgan fingerprint density at radius 2 is 1.71 bits per heavy atom. The van der Waals surface area contributed by atoms with Crippen molar-refractivity contribution in [2.24, 2.45) is 0 Å². The molecule has 2 atom stereocenters. The molecule has 1 aromatic carbocycles. The molecule has 0 spiro atoms. The number of hydrogen-bond donors (Lipinski definition) is 2. The zero-order valence-electron chi connectivity index (χ0n) is 19.3. The molecule has 3 heterocycles. The molecule has 4 amide bonds. The predicted molar refractivity (Wildman–Crippen MR) is 133 cm³/mol. The third-order valence-electron chi connectivity index (χ3n) is 6.04. The number of ether oxygens (including phenoxy) is 1. The first-order valence-electron chi connectivity index (χ1n) is 11.5. The van der Waals surface area contributed by atoms with Gasteiger partial charge in [0.2, 0.25) is 5.91 Å². The first kappa shape index (κ1) is 25.0. The summed E-state index contributed by atoms with van der Waals surface area (Å²) < 4.78 is 5.59. The van der Waals surface area contributed by atoms with Gasteiger partial charge in [0.05, 0.1) is 27.9 Å². The van der Waals surface area contributed by atoms with Crippen molar-refractivity contribution < 1.29 is 23.9 Å². The normalized spacial score (nSPS) is 20.0. The van der Waals surface area contributed by atoms with Crippen molar-refractivity contribution in [3.05, 3.63) is 51.2 Å². The second kappa shape index (κ2) is 11.1. The highest BCUT2D eigenvalue weighted by molar-refractivity contribution is 7.18. The fourth-order valence-corrected chi connectivity index (χ4v) is 5.21. The largest absolute Gasteiger partial charge is 0.450 e. The topological polar surface area (TPSA) is 108 Å². The number of anilines is 1. The quantitative estimate of drug-likeness (QED) is 0.610.